The third-order valence-corrected chi connectivity index (χ3v) is 4.35. The van der Waals surface area contributed by atoms with Crippen LogP contribution in [0.25, 0.3) is 11.3 Å². The number of methoxy groups -OCH3 is 1. The summed E-state index contributed by atoms with van der Waals surface area (Å²) in [5.41, 5.74) is 8.74. The molecule has 0 unspecified atom stereocenters. The third kappa shape index (κ3) is 5.80. The minimum absolute atomic E-state index is 0.150. The van der Waals surface area contributed by atoms with Gasteiger partial charge in [-0.15, -0.1) is 0 Å². The molecule has 2 aromatic carbocycles. The number of benzene rings is 2. The SMILES string of the molecule is COc1cccc(CCOc2cccc(-c3cccc(C(=O)NCCN)c3)n2)c1. The van der Waals surface area contributed by atoms with Crippen LogP contribution in [-0.4, -0.2) is 37.7 Å². The minimum atomic E-state index is -0.150. The topological polar surface area (TPSA) is 86.5 Å². The molecule has 0 bridgehead atoms. The van der Waals surface area contributed by atoms with Crippen LogP contribution in [0.15, 0.2) is 66.7 Å². The second-order valence-corrected chi connectivity index (χ2v) is 6.44. The van der Waals surface area contributed by atoms with Crippen LogP contribution in [0.1, 0.15) is 15.9 Å². The van der Waals surface area contributed by atoms with Gasteiger partial charge in [-0.05, 0) is 35.9 Å². The Bertz CT molecular complexity index is 959. The van der Waals surface area contributed by atoms with Crippen LogP contribution >= 0.6 is 0 Å². The molecule has 3 rings (SSSR count). The molecule has 0 radical (unpaired) electrons. The van der Waals surface area contributed by atoms with Crippen molar-refractivity contribution >= 4 is 5.91 Å². The molecule has 1 heterocycles. The maximum atomic E-state index is 12.2. The molecule has 0 aliphatic heterocycles. The highest BCUT2D eigenvalue weighted by molar-refractivity contribution is 5.95. The van der Waals surface area contributed by atoms with Gasteiger partial charge in [-0.1, -0.05) is 30.3 Å². The van der Waals surface area contributed by atoms with Crippen LogP contribution < -0.4 is 20.5 Å². The van der Waals surface area contributed by atoms with E-state index in [1.807, 2.05) is 60.7 Å². The van der Waals surface area contributed by atoms with E-state index in [1.54, 1.807) is 13.2 Å². The number of ether oxygens (including phenoxy) is 2. The standard InChI is InChI=1S/C23H25N3O3/c1-28-20-8-2-5-17(15-20)11-14-29-22-10-4-9-21(26-22)18-6-3-7-19(16-18)23(27)25-13-12-24/h2-10,15-16H,11-14,24H2,1H3,(H,25,27). The molecule has 0 spiro atoms. The van der Waals surface area contributed by atoms with Crippen LogP contribution in [0, 0.1) is 0 Å². The maximum Gasteiger partial charge on any atom is 0.251 e. The van der Waals surface area contributed by atoms with Crippen LogP contribution in [0.2, 0.25) is 0 Å². The molecule has 0 atom stereocenters. The molecular weight excluding hydrogens is 366 g/mol. The predicted molar refractivity (Wildman–Crippen MR) is 113 cm³/mol. The van der Waals surface area contributed by atoms with E-state index < -0.39 is 0 Å². The average Bonchev–Trinajstić information content (AvgIpc) is 2.78. The van der Waals surface area contributed by atoms with Crippen molar-refractivity contribution in [3.05, 3.63) is 77.9 Å². The molecule has 3 N–H and O–H groups in total. The van der Waals surface area contributed by atoms with Crippen molar-refractivity contribution in [2.45, 2.75) is 6.42 Å². The molecule has 29 heavy (non-hydrogen) atoms. The third-order valence-electron chi connectivity index (χ3n) is 4.35. The molecule has 0 saturated carbocycles. The Morgan fingerprint density at radius 3 is 2.72 bits per heavy atom. The van der Waals surface area contributed by atoms with Gasteiger partial charge in [-0.2, -0.15) is 0 Å². The van der Waals surface area contributed by atoms with Crippen molar-refractivity contribution in [3.63, 3.8) is 0 Å². The number of nitrogens with zero attached hydrogens (tertiary/aromatic N) is 1. The zero-order valence-electron chi connectivity index (χ0n) is 16.4. The van der Waals surface area contributed by atoms with E-state index in [1.165, 1.54) is 0 Å². The first-order valence-corrected chi connectivity index (χ1v) is 9.51. The van der Waals surface area contributed by atoms with Crippen LogP contribution in [0.5, 0.6) is 11.6 Å². The molecule has 1 amide bonds. The second-order valence-electron chi connectivity index (χ2n) is 6.44. The first kappa shape index (κ1) is 20.4. The van der Waals surface area contributed by atoms with E-state index in [-0.39, 0.29) is 5.91 Å². The second kappa shape index (κ2) is 10.2. The highest BCUT2D eigenvalue weighted by Crippen LogP contribution is 2.21. The zero-order chi connectivity index (χ0) is 20.5. The Labute approximate surface area is 170 Å². The summed E-state index contributed by atoms with van der Waals surface area (Å²) in [5.74, 6) is 1.23. The van der Waals surface area contributed by atoms with Gasteiger partial charge in [0.1, 0.15) is 5.75 Å². The highest BCUT2D eigenvalue weighted by atomic mass is 16.5. The maximum absolute atomic E-state index is 12.2. The number of aromatic nitrogens is 1. The van der Waals surface area contributed by atoms with Crippen LogP contribution in [-0.2, 0) is 6.42 Å². The van der Waals surface area contributed by atoms with Crippen molar-refractivity contribution in [2.75, 3.05) is 26.8 Å². The normalized spacial score (nSPS) is 10.4. The van der Waals surface area contributed by atoms with Crippen LogP contribution in [0.4, 0.5) is 0 Å². The lowest BCUT2D eigenvalue weighted by Crippen LogP contribution is -2.28. The number of carbonyl (C=O) groups is 1. The van der Waals surface area contributed by atoms with Crippen molar-refractivity contribution in [3.8, 4) is 22.9 Å². The largest absolute Gasteiger partial charge is 0.497 e. The molecule has 6 nitrogen and oxygen atoms in total. The van der Waals surface area contributed by atoms with Gasteiger partial charge in [0.05, 0.1) is 19.4 Å². The summed E-state index contributed by atoms with van der Waals surface area (Å²) in [7, 11) is 1.65. The van der Waals surface area contributed by atoms with Gasteiger partial charge in [-0.25, -0.2) is 4.98 Å². The number of nitrogens with one attached hydrogen (secondary N) is 1. The summed E-state index contributed by atoms with van der Waals surface area (Å²) in [6, 6.07) is 20.9. The van der Waals surface area contributed by atoms with Crippen molar-refractivity contribution in [1.82, 2.24) is 10.3 Å². The number of nitrogens with two attached hydrogens (primary N) is 1. The number of hydrogen-bond acceptors (Lipinski definition) is 5. The quantitative estimate of drug-likeness (QED) is 0.585. The van der Waals surface area contributed by atoms with Gasteiger partial charge in [-0.3, -0.25) is 4.79 Å². The van der Waals surface area contributed by atoms with Gasteiger partial charge in [0.15, 0.2) is 0 Å². The lowest BCUT2D eigenvalue weighted by atomic mass is 10.1. The summed E-state index contributed by atoms with van der Waals surface area (Å²) in [5, 5.41) is 2.77. The Kier molecular flexibility index (Phi) is 7.19. The molecule has 3 aromatic rings. The summed E-state index contributed by atoms with van der Waals surface area (Å²) in [6.07, 6.45) is 0.750. The molecule has 1 aromatic heterocycles. The van der Waals surface area contributed by atoms with Gasteiger partial charge in [0, 0.05) is 36.7 Å². The number of rotatable bonds is 9. The van der Waals surface area contributed by atoms with Crippen LogP contribution in [0.3, 0.4) is 0 Å². The number of hydrogen-bond donors (Lipinski definition) is 2. The van der Waals surface area contributed by atoms with E-state index in [0.29, 0.717) is 31.1 Å². The van der Waals surface area contributed by atoms with E-state index >= 15 is 0 Å². The van der Waals surface area contributed by atoms with E-state index in [4.69, 9.17) is 15.2 Å². The molecule has 0 aliphatic carbocycles. The Balaban J connectivity index is 1.65. The number of pyridine rings is 1. The minimum Gasteiger partial charge on any atom is -0.497 e. The molecule has 150 valence electrons. The molecule has 6 heteroatoms. The van der Waals surface area contributed by atoms with E-state index in [9.17, 15) is 4.79 Å². The Hall–Kier alpha value is -3.38. The predicted octanol–water partition coefficient (Wildman–Crippen LogP) is 3.07. The molecule has 0 aliphatic rings. The summed E-state index contributed by atoms with van der Waals surface area (Å²) in [6.45, 7) is 1.35. The lowest BCUT2D eigenvalue weighted by Gasteiger charge is -2.09. The summed E-state index contributed by atoms with van der Waals surface area (Å²) in [4.78, 5) is 16.7. The van der Waals surface area contributed by atoms with E-state index in [0.717, 1.165) is 29.0 Å². The van der Waals surface area contributed by atoms with Crippen molar-refractivity contribution in [2.24, 2.45) is 5.73 Å². The molecular formula is C23H25N3O3. The summed E-state index contributed by atoms with van der Waals surface area (Å²) >= 11 is 0. The molecule has 0 saturated heterocycles. The van der Waals surface area contributed by atoms with Gasteiger partial charge in [0.2, 0.25) is 5.88 Å². The fourth-order valence-electron chi connectivity index (χ4n) is 2.86. The monoisotopic (exact) mass is 391 g/mol. The Morgan fingerprint density at radius 1 is 1.07 bits per heavy atom. The zero-order valence-corrected chi connectivity index (χ0v) is 16.4. The smallest absolute Gasteiger partial charge is 0.251 e. The lowest BCUT2D eigenvalue weighted by molar-refractivity contribution is 0.0955. The first-order chi connectivity index (χ1) is 14.2. The van der Waals surface area contributed by atoms with E-state index in [2.05, 4.69) is 10.3 Å². The summed E-state index contributed by atoms with van der Waals surface area (Å²) < 4.78 is 11.1. The highest BCUT2D eigenvalue weighted by Gasteiger charge is 2.08. The number of carbonyl (C=O) groups excluding carboxylic acids is 1. The number of amides is 1. The Morgan fingerprint density at radius 2 is 1.90 bits per heavy atom. The molecule has 0 fully saturated rings. The van der Waals surface area contributed by atoms with Crippen molar-refractivity contribution in [1.29, 1.82) is 0 Å². The fraction of sp³-hybridized carbons (Fsp3) is 0.217. The fourth-order valence-corrected chi connectivity index (χ4v) is 2.86. The first-order valence-electron chi connectivity index (χ1n) is 9.51. The average molecular weight is 391 g/mol. The van der Waals surface area contributed by atoms with Gasteiger partial charge in [0.25, 0.3) is 5.91 Å². The van der Waals surface area contributed by atoms with Gasteiger partial charge < -0.3 is 20.5 Å². The van der Waals surface area contributed by atoms with Gasteiger partial charge >= 0.3 is 0 Å². The van der Waals surface area contributed by atoms with Crippen molar-refractivity contribution < 1.29 is 14.3 Å².